The van der Waals surface area contributed by atoms with Gasteiger partial charge in [0.25, 0.3) is 0 Å². The lowest BCUT2D eigenvalue weighted by Crippen LogP contribution is -2.12. The summed E-state index contributed by atoms with van der Waals surface area (Å²) >= 11 is 8.23. The molecule has 3 aromatic carbocycles. The summed E-state index contributed by atoms with van der Waals surface area (Å²) in [5.41, 5.74) is 5.50. The summed E-state index contributed by atoms with van der Waals surface area (Å²) in [5.74, 6) is 0.987. The largest absolute Gasteiger partial charge is 0.114 e. The van der Waals surface area contributed by atoms with Crippen LogP contribution in [0.5, 0.6) is 0 Å². The molecule has 0 aromatic heterocycles. The Kier molecular flexibility index (Phi) is 4.94. The second-order valence-electron chi connectivity index (χ2n) is 6.13. The first-order chi connectivity index (χ1) is 12.3. The molecular formula is C22H19PS2. The predicted octanol–water partition coefficient (Wildman–Crippen LogP) is 6.06. The highest BCUT2D eigenvalue weighted by Crippen LogP contribution is 2.64. The van der Waals surface area contributed by atoms with E-state index in [0.29, 0.717) is 0 Å². The van der Waals surface area contributed by atoms with E-state index in [1.807, 2.05) is 11.4 Å². The third-order valence-electron chi connectivity index (χ3n) is 4.54. The minimum atomic E-state index is -1.65. The molecule has 1 unspecified atom stereocenters. The molecule has 25 heavy (non-hydrogen) atoms. The van der Waals surface area contributed by atoms with Crippen LogP contribution in [-0.4, -0.2) is 11.9 Å². The highest BCUT2D eigenvalue weighted by atomic mass is 32.9. The van der Waals surface area contributed by atoms with Crippen molar-refractivity contribution in [2.75, 3.05) is 11.9 Å². The van der Waals surface area contributed by atoms with E-state index in [1.165, 1.54) is 27.6 Å². The van der Waals surface area contributed by atoms with Crippen LogP contribution in [0.4, 0.5) is 0 Å². The molecule has 0 amide bonds. The Labute approximate surface area is 158 Å². The summed E-state index contributed by atoms with van der Waals surface area (Å²) in [6.45, 7) is 0. The van der Waals surface area contributed by atoms with E-state index in [2.05, 4.69) is 91.0 Å². The molecular weight excluding hydrogens is 359 g/mol. The quantitative estimate of drug-likeness (QED) is 0.508. The van der Waals surface area contributed by atoms with Gasteiger partial charge in [-0.05, 0) is 27.6 Å². The number of hydrogen-bond donors (Lipinski definition) is 0. The van der Waals surface area contributed by atoms with Gasteiger partial charge in [0.15, 0.2) is 0 Å². The second-order valence-corrected chi connectivity index (χ2v) is 14.1. The van der Waals surface area contributed by atoms with Crippen LogP contribution in [0.1, 0.15) is 11.1 Å². The fraction of sp³-hybridized carbons (Fsp3) is 0.0909. The molecule has 1 atom stereocenters. The Bertz CT molecular complexity index is 932. The molecule has 0 fully saturated rings. The van der Waals surface area contributed by atoms with Crippen LogP contribution in [0.3, 0.4) is 0 Å². The topological polar surface area (TPSA) is 0 Å². The maximum atomic E-state index is 6.24. The first kappa shape index (κ1) is 16.8. The fourth-order valence-electron chi connectivity index (χ4n) is 3.23. The van der Waals surface area contributed by atoms with Gasteiger partial charge in [-0.1, -0.05) is 103 Å². The summed E-state index contributed by atoms with van der Waals surface area (Å²) in [5, 5.41) is -0.310. The minimum Gasteiger partial charge on any atom is -0.114 e. The van der Waals surface area contributed by atoms with E-state index in [-0.39, 0.29) is 0 Å². The van der Waals surface area contributed by atoms with E-state index in [4.69, 9.17) is 11.8 Å². The summed E-state index contributed by atoms with van der Waals surface area (Å²) in [7, 11) is 0. The molecule has 0 nitrogen and oxygen atoms in total. The average Bonchev–Trinajstić information content (AvgIpc) is 2.70. The summed E-state index contributed by atoms with van der Waals surface area (Å²) in [6.07, 6.45) is 0.977. The van der Waals surface area contributed by atoms with Gasteiger partial charge in [0.1, 0.15) is 0 Å². The SMILES string of the molecule is S=P1(c2ccccc2)CC(c2ccccc2)=C(c2ccccc2)CS1. The van der Waals surface area contributed by atoms with E-state index in [9.17, 15) is 0 Å². The number of benzene rings is 3. The molecule has 0 bridgehead atoms. The van der Waals surface area contributed by atoms with Crippen LogP contribution in [0.25, 0.3) is 11.1 Å². The van der Waals surface area contributed by atoms with Crippen molar-refractivity contribution in [1.82, 2.24) is 0 Å². The van der Waals surface area contributed by atoms with Gasteiger partial charge >= 0.3 is 0 Å². The lowest BCUT2D eigenvalue weighted by Gasteiger charge is -2.31. The Balaban J connectivity index is 1.84. The zero-order chi connectivity index (χ0) is 17.1. The number of allylic oxidation sites excluding steroid dienone is 1. The van der Waals surface area contributed by atoms with Crippen LogP contribution in [-0.2, 0) is 11.8 Å². The summed E-state index contributed by atoms with van der Waals surface area (Å²) < 4.78 is 0. The van der Waals surface area contributed by atoms with Crippen molar-refractivity contribution in [2.24, 2.45) is 0 Å². The standard InChI is InChI=1S/C22H19PS2/c24-23(20-14-8-3-9-15-20)16-21(18-10-4-1-5-11-18)22(17-25-23)19-12-6-2-7-13-19/h1-15H,16-17H2. The molecule has 3 heteroatoms. The molecule has 1 heterocycles. The van der Waals surface area contributed by atoms with Crippen LogP contribution in [0.2, 0.25) is 0 Å². The van der Waals surface area contributed by atoms with Crippen molar-refractivity contribution >= 4 is 44.9 Å². The van der Waals surface area contributed by atoms with Gasteiger partial charge in [-0.3, -0.25) is 0 Å². The zero-order valence-corrected chi connectivity index (χ0v) is 16.4. The Morgan fingerprint density at radius 1 is 0.640 bits per heavy atom. The van der Waals surface area contributed by atoms with Crippen LogP contribution >= 0.6 is 16.6 Å². The molecule has 0 saturated heterocycles. The Morgan fingerprint density at radius 2 is 1.12 bits per heavy atom. The van der Waals surface area contributed by atoms with Gasteiger partial charge in [-0.25, -0.2) is 0 Å². The summed E-state index contributed by atoms with van der Waals surface area (Å²) in [6, 6.07) is 32.3. The molecule has 0 aliphatic carbocycles. The normalized spacial score (nSPS) is 20.5. The number of hydrogen-bond acceptors (Lipinski definition) is 2. The van der Waals surface area contributed by atoms with Gasteiger partial charge < -0.3 is 0 Å². The van der Waals surface area contributed by atoms with E-state index < -0.39 is 5.24 Å². The van der Waals surface area contributed by atoms with E-state index >= 15 is 0 Å². The summed E-state index contributed by atoms with van der Waals surface area (Å²) in [4.78, 5) is 0. The van der Waals surface area contributed by atoms with E-state index in [0.717, 1.165) is 11.9 Å². The van der Waals surface area contributed by atoms with Crippen molar-refractivity contribution < 1.29 is 0 Å². The second kappa shape index (κ2) is 7.33. The third-order valence-corrected chi connectivity index (χ3v) is 11.8. The molecule has 0 spiro atoms. The Hall–Kier alpha value is -1.60. The van der Waals surface area contributed by atoms with Crippen molar-refractivity contribution in [2.45, 2.75) is 0 Å². The van der Waals surface area contributed by atoms with Gasteiger partial charge in [0, 0.05) is 17.2 Å². The van der Waals surface area contributed by atoms with Crippen molar-refractivity contribution in [1.29, 1.82) is 0 Å². The van der Waals surface area contributed by atoms with Crippen LogP contribution in [0.15, 0.2) is 91.0 Å². The third kappa shape index (κ3) is 3.53. The molecule has 3 aromatic rings. The van der Waals surface area contributed by atoms with Crippen LogP contribution < -0.4 is 5.30 Å². The maximum absolute atomic E-state index is 6.24. The molecule has 0 N–H and O–H groups in total. The highest BCUT2D eigenvalue weighted by molar-refractivity contribution is 8.73. The van der Waals surface area contributed by atoms with Crippen molar-refractivity contribution in [3.63, 3.8) is 0 Å². The lowest BCUT2D eigenvalue weighted by molar-refractivity contribution is 1.51. The number of rotatable bonds is 3. The molecule has 1 aliphatic rings. The molecule has 0 saturated carbocycles. The molecule has 124 valence electrons. The Morgan fingerprint density at radius 3 is 1.68 bits per heavy atom. The van der Waals surface area contributed by atoms with Gasteiger partial charge in [-0.15, -0.1) is 11.4 Å². The average molecular weight is 379 g/mol. The molecule has 0 radical (unpaired) electrons. The molecule has 1 aliphatic heterocycles. The van der Waals surface area contributed by atoms with Crippen molar-refractivity contribution in [3.8, 4) is 0 Å². The molecule has 4 rings (SSSR count). The van der Waals surface area contributed by atoms with Gasteiger partial charge in [0.2, 0.25) is 0 Å². The van der Waals surface area contributed by atoms with Gasteiger partial charge in [0.05, 0.1) is 0 Å². The smallest absolute Gasteiger partial charge is 0.0383 e. The zero-order valence-electron chi connectivity index (χ0n) is 13.8. The predicted molar refractivity (Wildman–Crippen MR) is 117 cm³/mol. The lowest BCUT2D eigenvalue weighted by atomic mass is 9.97. The first-order valence-corrected chi connectivity index (χ1v) is 13.0. The van der Waals surface area contributed by atoms with Crippen molar-refractivity contribution in [3.05, 3.63) is 102 Å². The minimum absolute atomic E-state index is 0.977. The van der Waals surface area contributed by atoms with E-state index in [1.54, 1.807) is 0 Å². The highest BCUT2D eigenvalue weighted by Gasteiger charge is 2.29. The van der Waals surface area contributed by atoms with Crippen LogP contribution in [0, 0.1) is 0 Å². The maximum Gasteiger partial charge on any atom is 0.0383 e. The first-order valence-electron chi connectivity index (χ1n) is 8.38. The monoisotopic (exact) mass is 378 g/mol. The fourth-order valence-corrected chi connectivity index (χ4v) is 9.46. The van der Waals surface area contributed by atoms with Gasteiger partial charge in [-0.2, -0.15) is 0 Å².